The maximum absolute atomic E-state index is 12.4. The zero-order valence-corrected chi connectivity index (χ0v) is 14.6. The van der Waals surface area contributed by atoms with Crippen molar-refractivity contribution in [3.05, 3.63) is 58.6 Å². The molecule has 4 heteroatoms. The van der Waals surface area contributed by atoms with Crippen LogP contribution in [0.25, 0.3) is 10.8 Å². The number of carbonyl (C=O) groups is 1. The Morgan fingerprint density at radius 1 is 1.17 bits per heavy atom. The Morgan fingerprint density at radius 2 is 1.87 bits per heavy atom. The summed E-state index contributed by atoms with van der Waals surface area (Å²) >= 11 is 11.4. The number of ether oxygens (including phenoxy) is 1. The Hall–Kier alpha value is -1.51. The van der Waals surface area contributed by atoms with Gasteiger partial charge in [-0.25, -0.2) is 0 Å². The normalized spacial score (nSPS) is 21.7. The fourth-order valence-electron chi connectivity index (χ4n) is 3.23. The summed E-state index contributed by atoms with van der Waals surface area (Å²) in [5.74, 6) is -0.351. The van der Waals surface area contributed by atoms with Gasteiger partial charge in [-0.3, -0.25) is 4.79 Å². The highest BCUT2D eigenvalue weighted by Gasteiger charge is 2.61. The van der Waals surface area contributed by atoms with Gasteiger partial charge in [0.05, 0.1) is 5.92 Å². The molecule has 0 bridgehead atoms. The van der Waals surface area contributed by atoms with E-state index < -0.39 is 0 Å². The lowest BCUT2D eigenvalue weighted by Gasteiger charge is -2.08. The predicted molar refractivity (Wildman–Crippen MR) is 94.3 cm³/mol. The minimum Gasteiger partial charge on any atom is -0.461 e. The van der Waals surface area contributed by atoms with E-state index in [0.717, 1.165) is 16.3 Å². The molecule has 3 rings (SSSR count). The monoisotopic (exact) mass is 348 g/mol. The molecule has 1 fully saturated rings. The number of carbonyl (C=O) groups excluding carboxylic acids is 1. The van der Waals surface area contributed by atoms with Gasteiger partial charge in [0, 0.05) is 0 Å². The Bertz CT molecular complexity index is 771. The SMILES string of the molecule is CC1(C)C(C=C(Cl)Cl)C1C(=O)OCc1cccc2ccccc12. The molecular weight excluding hydrogens is 331 g/mol. The van der Waals surface area contributed by atoms with Crippen LogP contribution in [0.4, 0.5) is 0 Å². The van der Waals surface area contributed by atoms with E-state index in [-0.39, 0.29) is 34.3 Å². The number of hydrogen-bond donors (Lipinski definition) is 0. The number of esters is 1. The molecule has 120 valence electrons. The summed E-state index contributed by atoms with van der Waals surface area (Å²) in [6, 6.07) is 14.1. The first-order valence-corrected chi connectivity index (χ1v) is 8.33. The second kappa shape index (κ2) is 6.18. The van der Waals surface area contributed by atoms with Gasteiger partial charge < -0.3 is 4.74 Å². The molecule has 0 amide bonds. The lowest BCUT2D eigenvalue weighted by atomic mass is 10.1. The van der Waals surface area contributed by atoms with E-state index in [1.807, 2.05) is 56.3 Å². The van der Waals surface area contributed by atoms with E-state index >= 15 is 0 Å². The number of fused-ring (bicyclic) bond motifs is 1. The van der Waals surface area contributed by atoms with Gasteiger partial charge in [-0.1, -0.05) is 79.5 Å². The highest BCUT2D eigenvalue weighted by Crippen LogP contribution is 2.60. The zero-order valence-electron chi connectivity index (χ0n) is 13.1. The number of allylic oxidation sites excluding steroid dienone is 1. The lowest BCUT2D eigenvalue weighted by molar-refractivity contribution is -0.147. The fraction of sp³-hybridized carbons (Fsp3) is 0.316. The molecule has 1 saturated carbocycles. The van der Waals surface area contributed by atoms with Crippen LogP contribution in [-0.2, 0) is 16.1 Å². The van der Waals surface area contributed by atoms with Crippen LogP contribution < -0.4 is 0 Å². The van der Waals surface area contributed by atoms with E-state index in [2.05, 4.69) is 0 Å². The second-order valence-corrected chi connectivity index (χ2v) is 7.53. The maximum atomic E-state index is 12.4. The molecule has 2 atom stereocenters. The van der Waals surface area contributed by atoms with Crippen LogP contribution in [0.2, 0.25) is 0 Å². The Labute approximate surface area is 146 Å². The highest BCUT2D eigenvalue weighted by molar-refractivity contribution is 6.55. The quantitative estimate of drug-likeness (QED) is 0.684. The van der Waals surface area contributed by atoms with Crippen molar-refractivity contribution in [2.45, 2.75) is 20.5 Å². The Kier molecular flexibility index (Phi) is 4.39. The summed E-state index contributed by atoms with van der Waals surface area (Å²) in [7, 11) is 0. The van der Waals surface area contributed by atoms with Crippen LogP contribution in [0.3, 0.4) is 0 Å². The van der Waals surface area contributed by atoms with Gasteiger partial charge in [0.2, 0.25) is 0 Å². The van der Waals surface area contributed by atoms with Crippen molar-refractivity contribution < 1.29 is 9.53 Å². The van der Waals surface area contributed by atoms with Crippen LogP contribution >= 0.6 is 23.2 Å². The van der Waals surface area contributed by atoms with Crippen molar-refractivity contribution in [2.24, 2.45) is 17.3 Å². The maximum Gasteiger partial charge on any atom is 0.310 e. The van der Waals surface area contributed by atoms with E-state index in [9.17, 15) is 4.79 Å². The van der Waals surface area contributed by atoms with Crippen molar-refractivity contribution in [3.63, 3.8) is 0 Å². The first kappa shape index (κ1) is 16.4. The van der Waals surface area contributed by atoms with Crippen molar-refractivity contribution in [1.82, 2.24) is 0 Å². The Balaban J connectivity index is 1.71. The van der Waals surface area contributed by atoms with E-state index in [1.54, 1.807) is 6.08 Å². The first-order chi connectivity index (χ1) is 10.9. The predicted octanol–water partition coefficient (Wildman–Crippen LogP) is 5.47. The summed E-state index contributed by atoms with van der Waals surface area (Å²) < 4.78 is 5.75. The highest BCUT2D eigenvalue weighted by atomic mass is 35.5. The van der Waals surface area contributed by atoms with Crippen molar-refractivity contribution in [1.29, 1.82) is 0 Å². The molecule has 0 heterocycles. The fourth-order valence-corrected chi connectivity index (χ4v) is 3.50. The molecule has 0 spiro atoms. The van der Waals surface area contributed by atoms with Gasteiger partial charge in [-0.15, -0.1) is 0 Å². The standard InChI is InChI=1S/C19H18Cl2O2/c1-19(2)15(10-16(20)21)17(19)18(22)23-11-13-8-5-7-12-6-3-4-9-14(12)13/h3-10,15,17H,11H2,1-2H3. The number of hydrogen-bond acceptors (Lipinski definition) is 2. The van der Waals surface area contributed by atoms with E-state index in [1.165, 1.54) is 0 Å². The minimum atomic E-state index is -0.196. The topological polar surface area (TPSA) is 26.3 Å². The van der Waals surface area contributed by atoms with Gasteiger partial charge in [0.15, 0.2) is 0 Å². The van der Waals surface area contributed by atoms with Gasteiger partial charge >= 0.3 is 5.97 Å². The molecule has 2 unspecified atom stereocenters. The molecule has 1 aliphatic carbocycles. The summed E-state index contributed by atoms with van der Waals surface area (Å²) in [6.45, 7) is 4.32. The third-order valence-electron chi connectivity index (χ3n) is 4.72. The van der Waals surface area contributed by atoms with Gasteiger partial charge in [0.25, 0.3) is 0 Å². The molecule has 1 aliphatic rings. The average Bonchev–Trinajstić information content (AvgIpc) is 3.04. The van der Waals surface area contributed by atoms with Crippen LogP contribution in [0.5, 0.6) is 0 Å². The number of benzene rings is 2. The molecule has 2 aromatic carbocycles. The first-order valence-electron chi connectivity index (χ1n) is 7.57. The van der Waals surface area contributed by atoms with Gasteiger partial charge in [-0.2, -0.15) is 0 Å². The van der Waals surface area contributed by atoms with Gasteiger partial charge in [0.1, 0.15) is 11.1 Å². The summed E-state index contributed by atoms with van der Waals surface area (Å²) in [5.41, 5.74) is 0.850. The van der Waals surface area contributed by atoms with Gasteiger partial charge in [-0.05, 0) is 33.7 Å². The minimum absolute atomic E-state index is 0.0347. The molecule has 0 aliphatic heterocycles. The summed E-state index contributed by atoms with van der Waals surface area (Å²) in [5, 5.41) is 2.25. The largest absolute Gasteiger partial charge is 0.461 e. The van der Waals surface area contributed by atoms with Crippen LogP contribution in [0.15, 0.2) is 53.0 Å². The molecule has 0 radical (unpaired) electrons. The van der Waals surface area contributed by atoms with E-state index in [4.69, 9.17) is 27.9 Å². The zero-order chi connectivity index (χ0) is 16.6. The third kappa shape index (κ3) is 3.24. The molecule has 0 saturated heterocycles. The summed E-state index contributed by atoms with van der Waals surface area (Å²) in [4.78, 5) is 12.4. The number of halogens is 2. The second-order valence-electron chi connectivity index (χ2n) is 6.53. The summed E-state index contributed by atoms with van der Waals surface area (Å²) in [6.07, 6.45) is 1.73. The molecular formula is C19H18Cl2O2. The van der Waals surface area contributed by atoms with E-state index in [0.29, 0.717) is 0 Å². The molecule has 23 heavy (non-hydrogen) atoms. The van der Waals surface area contributed by atoms with Crippen LogP contribution in [-0.4, -0.2) is 5.97 Å². The average molecular weight is 349 g/mol. The van der Waals surface area contributed by atoms with Crippen LogP contribution in [0, 0.1) is 17.3 Å². The molecule has 0 N–H and O–H groups in total. The molecule has 0 aromatic heterocycles. The smallest absolute Gasteiger partial charge is 0.310 e. The number of rotatable bonds is 4. The Morgan fingerprint density at radius 3 is 2.61 bits per heavy atom. The third-order valence-corrected chi connectivity index (χ3v) is 4.97. The molecule has 2 nitrogen and oxygen atoms in total. The van der Waals surface area contributed by atoms with Crippen molar-refractivity contribution in [2.75, 3.05) is 0 Å². The molecule has 2 aromatic rings. The van der Waals surface area contributed by atoms with Crippen LogP contribution in [0.1, 0.15) is 19.4 Å². The van der Waals surface area contributed by atoms with Crippen molar-refractivity contribution >= 4 is 39.9 Å². The lowest BCUT2D eigenvalue weighted by Crippen LogP contribution is -2.10. The van der Waals surface area contributed by atoms with Crippen molar-refractivity contribution in [3.8, 4) is 0 Å².